The minimum atomic E-state index is 0.647. The summed E-state index contributed by atoms with van der Waals surface area (Å²) in [6.07, 6.45) is 6.19. The van der Waals surface area contributed by atoms with Crippen LogP contribution in [-0.2, 0) is 4.74 Å². The van der Waals surface area contributed by atoms with Crippen LogP contribution in [-0.4, -0.2) is 0 Å². The van der Waals surface area contributed by atoms with Crippen LogP contribution in [0.1, 0.15) is 54.4 Å². The third-order valence-corrected chi connectivity index (χ3v) is 2.13. The Kier molecular flexibility index (Phi) is 7.19. The lowest BCUT2D eigenvalue weighted by Gasteiger charge is -2.16. The number of allylic oxidation sites excluding steroid dienone is 4. The SMILES string of the molecule is CC=C(CC(C)C)OC(=CC)CC(C)C. The Morgan fingerprint density at radius 1 is 0.867 bits per heavy atom. The first-order valence-corrected chi connectivity index (χ1v) is 5.97. The summed E-state index contributed by atoms with van der Waals surface area (Å²) >= 11 is 0. The van der Waals surface area contributed by atoms with Crippen LogP contribution in [0, 0.1) is 11.8 Å². The molecule has 0 unspecified atom stereocenters. The average molecular weight is 210 g/mol. The molecule has 0 atom stereocenters. The van der Waals surface area contributed by atoms with Gasteiger partial charge in [-0.3, -0.25) is 0 Å². The molecule has 88 valence electrons. The zero-order chi connectivity index (χ0) is 11.8. The molecule has 0 amide bonds. The standard InChI is InChI=1S/C14H26O/c1-7-13(9-11(3)4)15-14(8-2)10-12(5)6/h7-8,11-12H,9-10H2,1-6H3. The molecule has 1 nitrogen and oxygen atoms in total. The van der Waals surface area contributed by atoms with Crippen molar-refractivity contribution in [2.24, 2.45) is 11.8 Å². The van der Waals surface area contributed by atoms with Gasteiger partial charge in [-0.25, -0.2) is 0 Å². The zero-order valence-electron chi connectivity index (χ0n) is 11.1. The Morgan fingerprint density at radius 3 is 1.40 bits per heavy atom. The maximum Gasteiger partial charge on any atom is 0.0995 e. The second kappa shape index (κ2) is 7.56. The summed E-state index contributed by atoms with van der Waals surface area (Å²) in [5, 5.41) is 0. The molecule has 0 aliphatic heterocycles. The first-order chi connectivity index (χ1) is 6.99. The fourth-order valence-corrected chi connectivity index (χ4v) is 1.41. The highest BCUT2D eigenvalue weighted by Gasteiger charge is 2.06. The lowest BCUT2D eigenvalue weighted by Crippen LogP contribution is -2.00. The smallest absolute Gasteiger partial charge is 0.0995 e. The van der Waals surface area contributed by atoms with Crippen molar-refractivity contribution in [3.63, 3.8) is 0 Å². The quantitative estimate of drug-likeness (QED) is 0.566. The van der Waals surface area contributed by atoms with Crippen molar-refractivity contribution in [3.8, 4) is 0 Å². The van der Waals surface area contributed by atoms with Gasteiger partial charge in [0.15, 0.2) is 0 Å². The monoisotopic (exact) mass is 210 g/mol. The molecule has 0 bridgehead atoms. The van der Waals surface area contributed by atoms with Crippen molar-refractivity contribution in [2.45, 2.75) is 54.4 Å². The molecular formula is C14H26O. The van der Waals surface area contributed by atoms with E-state index in [2.05, 4.69) is 39.8 Å². The predicted molar refractivity (Wildman–Crippen MR) is 67.5 cm³/mol. The molecular weight excluding hydrogens is 184 g/mol. The third kappa shape index (κ3) is 7.24. The van der Waals surface area contributed by atoms with Crippen molar-refractivity contribution in [1.29, 1.82) is 0 Å². The van der Waals surface area contributed by atoms with Crippen LogP contribution in [0.2, 0.25) is 0 Å². The fourth-order valence-electron chi connectivity index (χ4n) is 1.41. The summed E-state index contributed by atoms with van der Waals surface area (Å²) in [7, 11) is 0. The third-order valence-electron chi connectivity index (χ3n) is 2.13. The molecule has 15 heavy (non-hydrogen) atoms. The van der Waals surface area contributed by atoms with Gasteiger partial charge in [0.1, 0.15) is 0 Å². The van der Waals surface area contributed by atoms with Crippen molar-refractivity contribution in [3.05, 3.63) is 23.7 Å². The highest BCUT2D eigenvalue weighted by molar-refractivity contribution is 5.01. The second-order valence-electron chi connectivity index (χ2n) is 4.81. The molecule has 0 aromatic carbocycles. The van der Waals surface area contributed by atoms with Crippen LogP contribution in [0.15, 0.2) is 23.7 Å². The summed E-state index contributed by atoms with van der Waals surface area (Å²) in [6.45, 7) is 12.9. The topological polar surface area (TPSA) is 9.23 Å². The van der Waals surface area contributed by atoms with Gasteiger partial charge in [0.2, 0.25) is 0 Å². The first-order valence-electron chi connectivity index (χ1n) is 5.97. The van der Waals surface area contributed by atoms with Crippen molar-refractivity contribution < 1.29 is 4.74 Å². The molecule has 0 spiro atoms. The summed E-state index contributed by atoms with van der Waals surface area (Å²) in [5.74, 6) is 3.49. The molecule has 0 aromatic rings. The van der Waals surface area contributed by atoms with Crippen LogP contribution < -0.4 is 0 Å². The molecule has 0 fully saturated rings. The fraction of sp³-hybridized carbons (Fsp3) is 0.714. The summed E-state index contributed by atoms with van der Waals surface area (Å²) < 4.78 is 5.89. The number of rotatable bonds is 6. The molecule has 0 N–H and O–H groups in total. The van der Waals surface area contributed by atoms with Gasteiger partial charge in [-0.1, -0.05) is 27.7 Å². The van der Waals surface area contributed by atoms with E-state index in [1.54, 1.807) is 0 Å². The van der Waals surface area contributed by atoms with Crippen LogP contribution in [0.5, 0.6) is 0 Å². The summed E-state index contributed by atoms with van der Waals surface area (Å²) in [6, 6.07) is 0. The molecule has 1 heteroatoms. The Hall–Kier alpha value is -0.720. The maximum absolute atomic E-state index is 5.89. The van der Waals surface area contributed by atoms with Crippen molar-refractivity contribution >= 4 is 0 Å². The minimum absolute atomic E-state index is 0.647. The molecule has 0 radical (unpaired) electrons. The van der Waals surface area contributed by atoms with Crippen molar-refractivity contribution in [1.82, 2.24) is 0 Å². The van der Waals surface area contributed by atoms with E-state index < -0.39 is 0 Å². The Labute approximate surface area is 95.2 Å². The largest absolute Gasteiger partial charge is 0.467 e. The number of hydrogen-bond donors (Lipinski definition) is 0. The summed E-state index contributed by atoms with van der Waals surface area (Å²) in [5.41, 5.74) is 0. The molecule has 0 saturated carbocycles. The van der Waals surface area contributed by atoms with Crippen LogP contribution >= 0.6 is 0 Å². The van der Waals surface area contributed by atoms with E-state index in [1.165, 1.54) is 0 Å². The molecule has 0 rings (SSSR count). The zero-order valence-corrected chi connectivity index (χ0v) is 11.1. The Balaban J connectivity index is 4.27. The van der Waals surface area contributed by atoms with Gasteiger partial charge in [0.25, 0.3) is 0 Å². The van der Waals surface area contributed by atoms with Gasteiger partial charge in [0, 0.05) is 12.8 Å². The Bertz CT molecular complexity index is 197. The van der Waals surface area contributed by atoms with Gasteiger partial charge in [0.05, 0.1) is 11.5 Å². The molecule has 0 saturated heterocycles. The van der Waals surface area contributed by atoms with E-state index in [0.717, 1.165) is 24.4 Å². The van der Waals surface area contributed by atoms with Gasteiger partial charge in [-0.05, 0) is 37.8 Å². The average Bonchev–Trinajstić information content (AvgIpc) is 2.14. The van der Waals surface area contributed by atoms with E-state index in [-0.39, 0.29) is 0 Å². The van der Waals surface area contributed by atoms with Crippen LogP contribution in [0.3, 0.4) is 0 Å². The molecule has 0 aromatic heterocycles. The van der Waals surface area contributed by atoms with Crippen LogP contribution in [0.4, 0.5) is 0 Å². The number of ether oxygens (including phenoxy) is 1. The van der Waals surface area contributed by atoms with E-state index in [4.69, 9.17) is 4.74 Å². The highest BCUT2D eigenvalue weighted by atomic mass is 16.5. The van der Waals surface area contributed by atoms with Crippen LogP contribution in [0.25, 0.3) is 0 Å². The normalized spacial score (nSPS) is 13.9. The minimum Gasteiger partial charge on any atom is -0.467 e. The predicted octanol–water partition coefficient (Wildman–Crippen LogP) is 4.90. The van der Waals surface area contributed by atoms with Gasteiger partial charge in [-0.15, -0.1) is 0 Å². The van der Waals surface area contributed by atoms with Gasteiger partial charge in [-0.2, -0.15) is 0 Å². The van der Waals surface area contributed by atoms with Gasteiger partial charge < -0.3 is 4.74 Å². The maximum atomic E-state index is 5.89. The lowest BCUT2D eigenvalue weighted by molar-refractivity contribution is 0.254. The van der Waals surface area contributed by atoms with Crippen molar-refractivity contribution in [2.75, 3.05) is 0 Å². The molecule has 0 heterocycles. The molecule has 0 aliphatic carbocycles. The van der Waals surface area contributed by atoms with E-state index in [0.29, 0.717) is 11.8 Å². The second-order valence-corrected chi connectivity index (χ2v) is 4.81. The van der Waals surface area contributed by atoms with E-state index in [9.17, 15) is 0 Å². The lowest BCUT2D eigenvalue weighted by atomic mass is 10.1. The number of hydrogen-bond acceptors (Lipinski definition) is 1. The highest BCUT2D eigenvalue weighted by Crippen LogP contribution is 2.20. The first kappa shape index (κ1) is 14.3. The Morgan fingerprint density at radius 2 is 1.20 bits per heavy atom. The van der Waals surface area contributed by atoms with E-state index in [1.807, 2.05) is 13.8 Å². The van der Waals surface area contributed by atoms with E-state index >= 15 is 0 Å². The van der Waals surface area contributed by atoms with Gasteiger partial charge >= 0.3 is 0 Å². The summed E-state index contributed by atoms with van der Waals surface area (Å²) in [4.78, 5) is 0. The molecule has 0 aliphatic rings.